The average molecular weight is 226 g/mol. The number of hydrogen-bond acceptors (Lipinski definition) is 4. The largest absolute Gasteiger partial charge is 0.480 e. The lowest BCUT2D eigenvalue weighted by Gasteiger charge is -2.17. The maximum absolute atomic E-state index is 11.5. The van der Waals surface area contributed by atoms with Gasteiger partial charge in [0.1, 0.15) is 12.6 Å². The van der Waals surface area contributed by atoms with Crippen molar-refractivity contribution in [2.45, 2.75) is 26.4 Å². The average Bonchev–Trinajstić information content (AvgIpc) is 2.65. The fourth-order valence-electron chi connectivity index (χ4n) is 1.20. The van der Waals surface area contributed by atoms with Gasteiger partial charge in [-0.25, -0.2) is 9.48 Å². The van der Waals surface area contributed by atoms with Gasteiger partial charge in [0.05, 0.1) is 6.20 Å². The summed E-state index contributed by atoms with van der Waals surface area (Å²) in [5.74, 6) is -1.61. The molecule has 0 aliphatic rings. The molecule has 1 amide bonds. The van der Waals surface area contributed by atoms with Crippen molar-refractivity contribution in [1.82, 2.24) is 20.3 Å². The Bertz CT molecular complexity index is 361. The van der Waals surface area contributed by atoms with E-state index in [4.69, 9.17) is 5.11 Å². The number of nitrogens with one attached hydrogen (secondary N) is 1. The molecule has 0 spiro atoms. The molecule has 16 heavy (non-hydrogen) atoms. The van der Waals surface area contributed by atoms with E-state index in [1.165, 1.54) is 17.1 Å². The molecular weight excluding hydrogens is 212 g/mol. The van der Waals surface area contributed by atoms with E-state index in [0.717, 1.165) is 0 Å². The van der Waals surface area contributed by atoms with Gasteiger partial charge in [0.15, 0.2) is 0 Å². The van der Waals surface area contributed by atoms with E-state index in [-0.39, 0.29) is 12.5 Å². The molecular formula is C9H14N4O3. The van der Waals surface area contributed by atoms with Crippen molar-refractivity contribution < 1.29 is 14.7 Å². The minimum Gasteiger partial charge on any atom is -0.480 e. The van der Waals surface area contributed by atoms with Crippen LogP contribution >= 0.6 is 0 Å². The number of hydrogen-bond donors (Lipinski definition) is 2. The maximum Gasteiger partial charge on any atom is 0.326 e. The number of nitrogens with zero attached hydrogens (tertiary/aromatic N) is 3. The Morgan fingerprint density at radius 3 is 2.62 bits per heavy atom. The summed E-state index contributed by atoms with van der Waals surface area (Å²) in [6.07, 6.45) is 2.98. The van der Waals surface area contributed by atoms with Crippen molar-refractivity contribution >= 4 is 11.9 Å². The number of carbonyl (C=O) groups is 2. The number of carbonyl (C=O) groups excluding carboxylic acids is 1. The summed E-state index contributed by atoms with van der Waals surface area (Å²) < 4.78 is 1.33. The number of aromatic nitrogens is 3. The number of carboxylic acid groups (broad SMARTS) is 1. The van der Waals surface area contributed by atoms with Gasteiger partial charge in [-0.15, -0.1) is 5.10 Å². The third-order valence-corrected chi connectivity index (χ3v) is 2.03. The molecule has 7 nitrogen and oxygen atoms in total. The first kappa shape index (κ1) is 12.2. The van der Waals surface area contributed by atoms with Crippen molar-refractivity contribution in [1.29, 1.82) is 0 Å². The monoisotopic (exact) mass is 226 g/mol. The summed E-state index contributed by atoms with van der Waals surface area (Å²) >= 11 is 0. The first-order valence-corrected chi connectivity index (χ1v) is 4.87. The van der Waals surface area contributed by atoms with Gasteiger partial charge in [0, 0.05) is 6.20 Å². The van der Waals surface area contributed by atoms with E-state index < -0.39 is 17.9 Å². The second-order valence-electron chi connectivity index (χ2n) is 3.73. The van der Waals surface area contributed by atoms with Crippen LogP contribution in [0.1, 0.15) is 13.8 Å². The molecule has 0 aromatic carbocycles. The lowest BCUT2D eigenvalue weighted by molar-refractivity contribution is -0.143. The molecule has 7 heteroatoms. The Kier molecular flexibility index (Phi) is 3.98. The van der Waals surface area contributed by atoms with Gasteiger partial charge in [-0.05, 0) is 5.92 Å². The van der Waals surface area contributed by atoms with Crippen LogP contribution in [0.2, 0.25) is 0 Å². The van der Waals surface area contributed by atoms with E-state index >= 15 is 0 Å². The predicted molar refractivity (Wildman–Crippen MR) is 54.4 cm³/mol. The third kappa shape index (κ3) is 3.34. The van der Waals surface area contributed by atoms with Gasteiger partial charge in [-0.2, -0.15) is 0 Å². The van der Waals surface area contributed by atoms with Crippen LogP contribution in [0.3, 0.4) is 0 Å². The Balaban J connectivity index is 2.52. The van der Waals surface area contributed by atoms with E-state index in [0.29, 0.717) is 0 Å². The van der Waals surface area contributed by atoms with Crippen molar-refractivity contribution in [3.05, 3.63) is 12.4 Å². The number of amides is 1. The van der Waals surface area contributed by atoms with E-state index in [1.807, 2.05) is 0 Å². The van der Waals surface area contributed by atoms with Crippen LogP contribution in [0.4, 0.5) is 0 Å². The van der Waals surface area contributed by atoms with E-state index in [1.54, 1.807) is 13.8 Å². The molecule has 0 saturated heterocycles. The quantitative estimate of drug-likeness (QED) is 0.705. The minimum absolute atomic E-state index is 0.0312. The summed E-state index contributed by atoms with van der Waals surface area (Å²) in [4.78, 5) is 22.3. The standard InChI is InChI=1S/C9H14N4O3/c1-6(2)8(9(15)16)11-7(14)5-13-4-3-10-12-13/h3-4,6,8H,5H2,1-2H3,(H,11,14)(H,15,16)/t8-/m0/s1. The van der Waals surface area contributed by atoms with Gasteiger partial charge < -0.3 is 10.4 Å². The first-order chi connectivity index (χ1) is 7.50. The van der Waals surface area contributed by atoms with Crippen molar-refractivity contribution in [3.63, 3.8) is 0 Å². The molecule has 1 aromatic heterocycles. The predicted octanol–water partition coefficient (Wildman–Crippen LogP) is -0.497. The molecule has 0 fully saturated rings. The second kappa shape index (κ2) is 5.24. The van der Waals surface area contributed by atoms with Crippen molar-refractivity contribution in [3.8, 4) is 0 Å². The summed E-state index contributed by atoms with van der Waals surface area (Å²) in [7, 11) is 0. The highest BCUT2D eigenvalue weighted by molar-refractivity contribution is 5.83. The molecule has 1 aromatic rings. The van der Waals surface area contributed by atoms with Crippen molar-refractivity contribution in [2.75, 3.05) is 0 Å². The topological polar surface area (TPSA) is 97.1 Å². The summed E-state index contributed by atoms with van der Waals surface area (Å²) in [5, 5.41) is 18.4. The highest BCUT2D eigenvalue weighted by Crippen LogP contribution is 2.01. The molecule has 0 unspecified atom stereocenters. The summed E-state index contributed by atoms with van der Waals surface area (Å²) in [6.45, 7) is 3.43. The zero-order valence-corrected chi connectivity index (χ0v) is 9.12. The third-order valence-electron chi connectivity index (χ3n) is 2.03. The van der Waals surface area contributed by atoms with Gasteiger partial charge >= 0.3 is 5.97 Å². The molecule has 0 aliphatic heterocycles. The molecule has 0 aliphatic carbocycles. The van der Waals surface area contributed by atoms with Crippen LogP contribution < -0.4 is 5.32 Å². The Morgan fingerprint density at radius 2 is 2.19 bits per heavy atom. The highest BCUT2D eigenvalue weighted by atomic mass is 16.4. The molecule has 0 radical (unpaired) electrons. The zero-order chi connectivity index (χ0) is 12.1. The van der Waals surface area contributed by atoms with Crippen LogP contribution in [-0.4, -0.2) is 38.0 Å². The van der Waals surface area contributed by atoms with Gasteiger partial charge in [0.2, 0.25) is 5.91 Å². The maximum atomic E-state index is 11.5. The summed E-state index contributed by atoms with van der Waals surface area (Å²) in [6, 6.07) is -0.879. The molecule has 88 valence electrons. The smallest absolute Gasteiger partial charge is 0.326 e. The van der Waals surface area contributed by atoms with Gasteiger partial charge in [-0.1, -0.05) is 19.1 Å². The van der Waals surface area contributed by atoms with Crippen LogP contribution in [0.15, 0.2) is 12.4 Å². The van der Waals surface area contributed by atoms with Crippen molar-refractivity contribution in [2.24, 2.45) is 5.92 Å². The fourth-order valence-corrected chi connectivity index (χ4v) is 1.20. The fraction of sp³-hybridized carbons (Fsp3) is 0.556. The molecule has 1 rings (SSSR count). The Morgan fingerprint density at radius 1 is 1.50 bits per heavy atom. The van der Waals surface area contributed by atoms with Crippen LogP contribution in [0, 0.1) is 5.92 Å². The molecule has 1 heterocycles. The second-order valence-corrected chi connectivity index (χ2v) is 3.73. The van der Waals surface area contributed by atoms with Gasteiger partial charge in [0.25, 0.3) is 0 Å². The van der Waals surface area contributed by atoms with Crippen LogP contribution in [0.25, 0.3) is 0 Å². The zero-order valence-electron chi connectivity index (χ0n) is 9.12. The SMILES string of the molecule is CC(C)[C@H](NC(=O)Cn1ccnn1)C(=O)O. The molecule has 0 bridgehead atoms. The van der Waals surface area contributed by atoms with Crippen LogP contribution in [-0.2, 0) is 16.1 Å². The highest BCUT2D eigenvalue weighted by Gasteiger charge is 2.23. The lowest BCUT2D eigenvalue weighted by Crippen LogP contribution is -2.45. The number of rotatable bonds is 5. The Hall–Kier alpha value is -1.92. The molecule has 1 atom stereocenters. The lowest BCUT2D eigenvalue weighted by atomic mass is 10.1. The number of aliphatic carboxylic acids is 1. The molecule has 0 saturated carbocycles. The summed E-state index contributed by atoms with van der Waals surface area (Å²) in [5.41, 5.74) is 0. The van der Waals surface area contributed by atoms with E-state index in [9.17, 15) is 9.59 Å². The number of carboxylic acids is 1. The van der Waals surface area contributed by atoms with Gasteiger partial charge in [-0.3, -0.25) is 4.79 Å². The minimum atomic E-state index is -1.04. The Labute approximate surface area is 92.4 Å². The normalized spacial score (nSPS) is 12.4. The first-order valence-electron chi connectivity index (χ1n) is 4.87. The molecule has 2 N–H and O–H groups in total. The van der Waals surface area contributed by atoms with E-state index in [2.05, 4.69) is 15.6 Å². The van der Waals surface area contributed by atoms with Crippen LogP contribution in [0.5, 0.6) is 0 Å².